The van der Waals surface area contributed by atoms with E-state index in [0.717, 1.165) is 0 Å². The molecule has 0 heterocycles. The number of benzene rings is 2. The Morgan fingerprint density at radius 2 is 1.40 bits per heavy atom. The third kappa shape index (κ3) is 5.35. The molecule has 0 aliphatic carbocycles. The average molecular weight is 341 g/mol. The van der Waals surface area contributed by atoms with Crippen LogP contribution in [0.5, 0.6) is 5.75 Å². The average Bonchev–Trinajstić information content (AvgIpc) is 2.58. The van der Waals surface area contributed by atoms with Crippen LogP contribution >= 0.6 is 0 Å². The van der Waals surface area contributed by atoms with Crippen molar-refractivity contribution in [1.29, 1.82) is 0 Å². The molecule has 2 aromatic rings. The zero-order chi connectivity index (χ0) is 18.2. The van der Waals surface area contributed by atoms with Gasteiger partial charge in [-0.15, -0.1) is 0 Å². The van der Waals surface area contributed by atoms with Gasteiger partial charge in [-0.25, -0.2) is 0 Å². The molecule has 0 fully saturated rings. The van der Waals surface area contributed by atoms with Crippen molar-refractivity contribution in [2.75, 3.05) is 22.6 Å². The SMILES string of the molecule is CCOc1ccccc1NC(=O)C(=O)Nc1ccc(NC(C)=O)cc1. The fourth-order valence-corrected chi connectivity index (χ4v) is 2.06. The molecule has 0 aromatic heterocycles. The Labute approximate surface area is 145 Å². The molecule has 0 aliphatic heterocycles. The summed E-state index contributed by atoms with van der Waals surface area (Å²) in [6.07, 6.45) is 0. The quantitative estimate of drug-likeness (QED) is 0.728. The first-order valence-electron chi connectivity index (χ1n) is 7.71. The van der Waals surface area contributed by atoms with E-state index < -0.39 is 11.8 Å². The lowest BCUT2D eigenvalue weighted by atomic mass is 10.2. The van der Waals surface area contributed by atoms with Crippen molar-refractivity contribution in [2.24, 2.45) is 0 Å². The summed E-state index contributed by atoms with van der Waals surface area (Å²) in [6.45, 7) is 3.68. The van der Waals surface area contributed by atoms with Gasteiger partial charge in [-0.3, -0.25) is 14.4 Å². The van der Waals surface area contributed by atoms with Gasteiger partial charge in [0.05, 0.1) is 12.3 Å². The maximum absolute atomic E-state index is 12.0. The maximum atomic E-state index is 12.0. The molecule has 0 spiro atoms. The molecule has 130 valence electrons. The molecule has 0 bridgehead atoms. The van der Waals surface area contributed by atoms with Crippen molar-refractivity contribution in [3.05, 3.63) is 48.5 Å². The number of ether oxygens (including phenoxy) is 1. The van der Waals surface area contributed by atoms with Gasteiger partial charge < -0.3 is 20.7 Å². The fourth-order valence-electron chi connectivity index (χ4n) is 2.06. The Morgan fingerprint density at radius 3 is 2.00 bits per heavy atom. The summed E-state index contributed by atoms with van der Waals surface area (Å²) in [5, 5.41) is 7.62. The predicted molar refractivity (Wildman–Crippen MR) is 95.6 cm³/mol. The lowest BCUT2D eigenvalue weighted by molar-refractivity contribution is -0.133. The van der Waals surface area contributed by atoms with E-state index in [4.69, 9.17) is 4.74 Å². The van der Waals surface area contributed by atoms with Crippen LogP contribution in [0.4, 0.5) is 17.1 Å². The van der Waals surface area contributed by atoms with Crippen LogP contribution < -0.4 is 20.7 Å². The molecule has 2 rings (SSSR count). The van der Waals surface area contributed by atoms with E-state index in [9.17, 15) is 14.4 Å². The number of amides is 3. The minimum Gasteiger partial charge on any atom is -0.492 e. The van der Waals surface area contributed by atoms with Crippen molar-refractivity contribution < 1.29 is 19.1 Å². The van der Waals surface area contributed by atoms with Crippen LogP contribution in [0, 0.1) is 0 Å². The summed E-state index contributed by atoms with van der Waals surface area (Å²) in [6, 6.07) is 13.3. The lowest BCUT2D eigenvalue weighted by Gasteiger charge is -2.11. The largest absolute Gasteiger partial charge is 0.492 e. The van der Waals surface area contributed by atoms with E-state index in [2.05, 4.69) is 16.0 Å². The van der Waals surface area contributed by atoms with E-state index in [1.807, 2.05) is 6.92 Å². The van der Waals surface area contributed by atoms with Gasteiger partial charge in [0.2, 0.25) is 5.91 Å². The zero-order valence-electron chi connectivity index (χ0n) is 14.0. The highest BCUT2D eigenvalue weighted by molar-refractivity contribution is 6.43. The first-order valence-corrected chi connectivity index (χ1v) is 7.71. The monoisotopic (exact) mass is 341 g/mol. The first-order chi connectivity index (χ1) is 12.0. The third-order valence-corrected chi connectivity index (χ3v) is 3.10. The molecule has 0 saturated carbocycles. The van der Waals surface area contributed by atoms with Crippen molar-refractivity contribution in [1.82, 2.24) is 0 Å². The number of para-hydroxylation sites is 2. The summed E-state index contributed by atoms with van der Waals surface area (Å²) in [4.78, 5) is 35.0. The Bertz CT molecular complexity index is 772. The van der Waals surface area contributed by atoms with Crippen LogP contribution in [0.15, 0.2) is 48.5 Å². The van der Waals surface area contributed by atoms with Crippen LogP contribution in [0.3, 0.4) is 0 Å². The molecule has 0 unspecified atom stereocenters. The topological polar surface area (TPSA) is 96.5 Å². The van der Waals surface area contributed by atoms with Crippen LogP contribution in [0.25, 0.3) is 0 Å². The molecule has 0 radical (unpaired) electrons. The van der Waals surface area contributed by atoms with E-state index >= 15 is 0 Å². The van der Waals surface area contributed by atoms with Gasteiger partial charge in [-0.2, -0.15) is 0 Å². The van der Waals surface area contributed by atoms with Crippen molar-refractivity contribution >= 4 is 34.8 Å². The third-order valence-electron chi connectivity index (χ3n) is 3.10. The molecule has 7 heteroatoms. The first kappa shape index (κ1) is 18.0. The predicted octanol–water partition coefficient (Wildman–Crippen LogP) is 2.62. The van der Waals surface area contributed by atoms with Crippen LogP contribution in [-0.4, -0.2) is 24.3 Å². The van der Waals surface area contributed by atoms with Gasteiger partial charge in [0.15, 0.2) is 0 Å². The van der Waals surface area contributed by atoms with Crippen molar-refractivity contribution in [2.45, 2.75) is 13.8 Å². The highest BCUT2D eigenvalue weighted by Gasteiger charge is 2.16. The smallest absolute Gasteiger partial charge is 0.314 e. The molecular formula is C18H19N3O4. The van der Waals surface area contributed by atoms with Crippen molar-refractivity contribution in [3.63, 3.8) is 0 Å². The van der Waals surface area contributed by atoms with Gasteiger partial charge in [0.25, 0.3) is 0 Å². The molecule has 2 aromatic carbocycles. The molecule has 0 aliphatic rings. The lowest BCUT2D eigenvalue weighted by Crippen LogP contribution is -2.29. The molecule has 7 nitrogen and oxygen atoms in total. The Balaban J connectivity index is 1.98. The van der Waals surface area contributed by atoms with Gasteiger partial charge in [-0.05, 0) is 43.3 Å². The number of anilines is 3. The van der Waals surface area contributed by atoms with E-state index in [1.54, 1.807) is 48.5 Å². The number of rotatable bonds is 5. The Kier molecular flexibility index (Phi) is 6.11. The summed E-state index contributed by atoms with van der Waals surface area (Å²) in [5.74, 6) is -1.31. The van der Waals surface area contributed by atoms with E-state index in [0.29, 0.717) is 29.4 Å². The van der Waals surface area contributed by atoms with Gasteiger partial charge in [-0.1, -0.05) is 12.1 Å². The number of nitrogens with one attached hydrogen (secondary N) is 3. The van der Waals surface area contributed by atoms with Gasteiger partial charge in [0, 0.05) is 18.3 Å². The molecule has 25 heavy (non-hydrogen) atoms. The second-order valence-corrected chi connectivity index (χ2v) is 5.10. The zero-order valence-corrected chi connectivity index (χ0v) is 14.0. The molecule has 3 amide bonds. The molecule has 0 saturated heterocycles. The van der Waals surface area contributed by atoms with Crippen LogP contribution in [0.1, 0.15) is 13.8 Å². The minimum atomic E-state index is -0.807. The number of carbonyl (C=O) groups excluding carboxylic acids is 3. The van der Waals surface area contributed by atoms with Crippen LogP contribution in [-0.2, 0) is 14.4 Å². The number of carbonyl (C=O) groups is 3. The van der Waals surface area contributed by atoms with Crippen LogP contribution in [0.2, 0.25) is 0 Å². The summed E-state index contributed by atoms with van der Waals surface area (Å²) in [5.41, 5.74) is 1.46. The summed E-state index contributed by atoms with van der Waals surface area (Å²) in [7, 11) is 0. The standard InChI is InChI=1S/C18H19N3O4/c1-3-25-16-7-5-4-6-15(16)21-18(24)17(23)20-14-10-8-13(9-11-14)19-12(2)22/h4-11H,3H2,1-2H3,(H,19,22)(H,20,23)(H,21,24). The van der Waals surface area contributed by atoms with E-state index in [1.165, 1.54) is 6.92 Å². The Morgan fingerprint density at radius 1 is 0.840 bits per heavy atom. The highest BCUT2D eigenvalue weighted by Crippen LogP contribution is 2.23. The summed E-state index contributed by atoms with van der Waals surface area (Å²) < 4.78 is 5.40. The summed E-state index contributed by atoms with van der Waals surface area (Å²) >= 11 is 0. The minimum absolute atomic E-state index is 0.191. The van der Waals surface area contributed by atoms with E-state index in [-0.39, 0.29) is 5.91 Å². The molecule has 3 N–H and O–H groups in total. The normalized spacial score (nSPS) is 9.84. The fraction of sp³-hybridized carbons (Fsp3) is 0.167. The molecule has 0 atom stereocenters. The second kappa shape index (κ2) is 8.49. The Hall–Kier alpha value is -3.35. The van der Waals surface area contributed by atoms with Gasteiger partial charge in [0.1, 0.15) is 5.75 Å². The van der Waals surface area contributed by atoms with Crippen molar-refractivity contribution in [3.8, 4) is 5.75 Å². The second-order valence-electron chi connectivity index (χ2n) is 5.10. The maximum Gasteiger partial charge on any atom is 0.314 e. The number of hydrogen-bond donors (Lipinski definition) is 3. The van der Waals surface area contributed by atoms with Gasteiger partial charge >= 0.3 is 11.8 Å². The molecular weight excluding hydrogens is 322 g/mol. The highest BCUT2D eigenvalue weighted by atomic mass is 16.5. The number of hydrogen-bond acceptors (Lipinski definition) is 4.